The van der Waals surface area contributed by atoms with Gasteiger partial charge in [-0.15, -0.1) is 0 Å². The number of anilines is 1. The molecular formula is C23H29NO6. The van der Waals surface area contributed by atoms with Crippen molar-refractivity contribution in [2.45, 2.75) is 64.5 Å². The molecule has 1 amide bonds. The number of carbonyl (C=O) groups excluding carboxylic acids is 3. The van der Waals surface area contributed by atoms with Gasteiger partial charge in [0.25, 0.3) is 0 Å². The van der Waals surface area contributed by atoms with E-state index in [-0.39, 0.29) is 12.4 Å². The number of methoxy groups -OCH3 is 1. The highest BCUT2D eigenvalue weighted by molar-refractivity contribution is 6.08. The molecule has 1 aromatic carbocycles. The van der Waals surface area contributed by atoms with Crippen LogP contribution in [0.15, 0.2) is 24.3 Å². The molecule has 1 aliphatic carbocycles. The summed E-state index contributed by atoms with van der Waals surface area (Å²) in [6.07, 6.45) is 2.41. The van der Waals surface area contributed by atoms with Crippen molar-refractivity contribution < 1.29 is 28.6 Å². The molecule has 0 aromatic heterocycles. The number of esters is 1. The molecule has 1 saturated carbocycles. The summed E-state index contributed by atoms with van der Waals surface area (Å²) >= 11 is 0. The molecule has 0 unspecified atom stereocenters. The molecule has 30 heavy (non-hydrogen) atoms. The van der Waals surface area contributed by atoms with Gasteiger partial charge in [0.1, 0.15) is 17.1 Å². The molecule has 3 rings (SSSR count). The minimum Gasteiger partial charge on any atom is -0.497 e. The van der Waals surface area contributed by atoms with Gasteiger partial charge in [-0.05, 0) is 64.3 Å². The van der Waals surface area contributed by atoms with Crippen LogP contribution in [0.2, 0.25) is 0 Å². The number of Topliss-reactive ketones (excluding diaryl/α,β-unsaturated/α-hetero) is 1. The van der Waals surface area contributed by atoms with Crippen LogP contribution in [-0.4, -0.2) is 42.7 Å². The second kappa shape index (κ2) is 8.13. The molecule has 1 spiro atoms. The molecule has 0 radical (unpaired) electrons. The summed E-state index contributed by atoms with van der Waals surface area (Å²) in [6, 6.07) is 5.37. The van der Waals surface area contributed by atoms with Crippen molar-refractivity contribution in [3.8, 4) is 5.75 Å². The van der Waals surface area contributed by atoms with Gasteiger partial charge in [-0.1, -0.05) is 0 Å². The first kappa shape index (κ1) is 21.9. The fourth-order valence-electron chi connectivity index (χ4n) is 4.18. The zero-order valence-corrected chi connectivity index (χ0v) is 18.2. The minimum absolute atomic E-state index is 0.147. The summed E-state index contributed by atoms with van der Waals surface area (Å²) in [5, 5.41) is 0. The molecule has 2 aliphatic rings. The number of hydrogen-bond acceptors (Lipinski definition) is 6. The highest BCUT2D eigenvalue weighted by Gasteiger charge is 2.53. The van der Waals surface area contributed by atoms with E-state index < -0.39 is 23.2 Å². The maximum absolute atomic E-state index is 13.3. The SMILES string of the molecule is CCOC(=O)/C=C1\c2cc(OC)ccc2N(C(=O)OC(C)(C)C)C12CCC(=O)CC2. The minimum atomic E-state index is -0.850. The van der Waals surface area contributed by atoms with E-state index in [1.54, 1.807) is 31.1 Å². The summed E-state index contributed by atoms with van der Waals surface area (Å²) in [5.74, 6) is 0.272. The summed E-state index contributed by atoms with van der Waals surface area (Å²) in [7, 11) is 1.56. The maximum atomic E-state index is 13.3. The first-order chi connectivity index (χ1) is 14.1. The number of benzene rings is 1. The summed E-state index contributed by atoms with van der Waals surface area (Å²) in [6.45, 7) is 7.41. The number of hydrogen-bond donors (Lipinski definition) is 0. The first-order valence-corrected chi connectivity index (χ1v) is 10.2. The van der Waals surface area contributed by atoms with Gasteiger partial charge in [0, 0.05) is 24.5 Å². The fourth-order valence-corrected chi connectivity index (χ4v) is 4.18. The van der Waals surface area contributed by atoms with Crippen LogP contribution in [-0.2, 0) is 19.1 Å². The number of rotatable bonds is 3. The average Bonchev–Trinajstić information content (AvgIpc) is 2.92. The molecular weight excluding hydrogens is 386 g/mol. The Bertz CT molecular complexity index is 885. The third-order valence-corrected chi connectivity index (χ3v) is 5.42. The van der Waals surface area contributed by atoms with Gasteiger partial charge in [-0.3, -0.25) is 9.69 Å². The number of nitrogens with zero attached hydrogens (tertiary/aromatic N) is 1. The molecule has 1 fully saturated rings. The van der Waals surface area contributed by atoms with Crippen LogP contribution in [0.4, 0.5) is 10.5 Å². The van der Waals surface area contributed by atoms with E-state index in [4.69, 9.17) is 14.2 Å². The molecule has 0 bridgehead atoms. The van der Waals surface area contributed by atoms with Gasteiger partial charge in [-0.25, -0.2) is 9.59 Å². The van der Waals surface area contributed by atoms with E-state index in [2.05, 4.69) is 0 Å². The average molecular weight is 415 g/mol. The second-order valence-corrected chi connectivity index (χ2v) is 8.58. The number of ketones is 1. The van der Waals surface area contributed by atoms with Crippen LogP contribution in [0.25, 0.3) is 5.57 Å². The van der Waals surface area contributed by atoms with E-state index in [1.165, 1.54) is 6.08 Å². The maximum Gasteiger partial charge on any atom is 0.415 e. The Kier molecular flexibility index (Phi) is 5.92. The summed E-state index contributed by atoms with van der Waals surface area (Å²) in [5.41, 5.74) is 0.464. The lowest BCUT2D eigenvalue weighted by Crippen LogP contribution is -2.53. The predicted molar refractivity (Wildman–Crippen MR) is 113 cm³/mol. The van der Waals surface area contributed by atoms with Crippen LogP contribution < -0.4 is 9.64 Å². The number of fused-ring (bicyclic) bond motifs is 1. The van der Waals surface area contributed by atoms with Crippen molar-refractivity contribution in [1.82, 2.24) is 0 Å². The van der Waals surface area contributed by atoms with Gasteiger partial charge in [-0.2, -0.15) is 0 Å². The largest absolute Gasteiger partial charge is 0.497 e. The molecule has 7 nitrogen and oxygen atoms in total. The van der Waals surface area contributed by atoms with Crippen LogP contribution >= 0.6 is 0 Å². The molecule has 0 saturated heterocycles. The van der Waals surface area contributed by atoms with E-state index in [0.717, 1.165) is 0 Å². The highest BCUT2D eigenvalue weighted by Crippen LogP contribution is 2.54. The summed E-state index contributed by atoms with van der Waals surface area (Å²) in [4.78, 5) is 39.4. The van der Waals surface area contributed by atoms with Crippen molar-refractivity contribution in [3.63, 3.8) is 0 Å². The van der Waals surface area contributed by atoms with Crippen LogP contribution in [0.5, 0.6) is 5.75 Å². The number of ether oxygens (including phenoxy) is 3. The zero-order valence-electron chi connectivity index (χ0n) is 18.2. The van der Waals surface area contributed by atoms with Gasteiger partial charge >= 0.3 is 12.1 Å². The quantitative estimate of drug-likeness (QED) is 0.541. The predicted octanol–water partition coefficient (Wildman–Crippen LogP) is 4.28. The Balaban J connectivity index is 2.20. The Morgan fingerprint density at radius 1 is 1.20 bits per heavy atom. The number of amides is 1. The standard InChI is InChI=1S/C23H29NO6/c1-6-29-20(26)14-18-17-13-16(28-5)7-8-19(17)24(21(27)30-22(2,3)4)23(18)11-9-15(25)10-12-23/h7-8,13-14H,6,9-12H2,1-5H3/b18-14+. The monoisotopic (exact) mass is 415 g/mol. The highest BCUT2D eigenvalue weighted by atomic mass is 16.6. The number of carbonyl (C=O) groups is 3. The molecule has 1 heterocycles. The van der Waals surface area contributed by atoms with Crippen molar-refractivity contribution in [3.05, 3.63) is 29.8 Å². The van der Waals surface area contributed by atoms with E-state index in [0.29, 0.717) is 48.3 Å². The normalized spacial score (nSPS) is 19.0. The topological polar surface area (TPSA) is 82.1 Å². The Labute approximate surface area is 177 Å². The van der Waals surface area contributed by atoms with Gasteiger partial charge < -0.3 is 14.2 Å². The molecule has 1 aromatic rings. The molecule has 1 aliphatic heterocycles. The lowest BCUT2D eigenvalue weighted by molar-refractivity contribution is -0.137. The van der Waals surface area contributed by atoms with Crippen LogP contribution in [0.1, 0.15) is 58.9 Å². The first-order valence-electron chi connectivity index (χ1n) is 10.2. The van der Waals surface area contributed by atoms with Gasteiger partial charge in [0.15, 0.2) is 0 Å². The van der Waals surface area contributed by atoms with Crippen LogP contribution in [0.3, 0.4) is 0 Å². The molecule has 0 N–H and O–H groups in total. The van der Waals surface area contributed by atoms with Gasteiger partial charge in [0.05, 0.1) is 24.9 Å². The molecule has 0 atom stereocenters. The molecule has 7 heteroatoms. The third kappa shape index (κ3) is 4.06. The van der Waals surface area contributed by atoms with Crippen molar-refractivity contribution in [2.75, 3.05) is 18.6 Å². The smallest absolute Gasteiger partial charge is 0.415 e. The van der Waals surface area contributed by atoms with Crippen molar-refractivity contribution >= 4 is 29.1 Å². The fraction of sp³-hybridized carbons (Fsp3) is 0.522. The second-order valence-electron chi connectivity index (χ2n) is 8.58. The van der Waals surface area contributed by atoms with Gasteiger partial charge in [0.2, 0.25) is 0 Å². The lowest BCUT2D eigenvalue weighted by Gasteiger charge is -2.42. The zero-order chi connectivity index (χ0) is 22.1. The lowest BCUT2D eigenvalue weighted by atomic mass is 9.75. The Morgan fingerprint density at radius 3 is 2.43 bits per heavy atom. The van der Waals surface area contributed by atoms with E-state index in [9.17, 15) is 14.4 Å². The third-order valence-electron chi connectivity index (χ3n) is 5.42. The van der Waals surface area contributed by atoms with Crippen molar-refractivity contribution in [1.29, 1.82) is 0 Å². The van der Waals surface area contributed by atoms with Crippen LogP contribution in [0, 0.1) is 0 Å². The van der Waals surface area contributed by atoms with Crippen molar-refractivity contribution in [2.24, 2.45) is 0 Å². The van der Waals surface area contributed by atoms with E-state index in [1.807, 2.05) is 26.8 Å². The van der Waals surface area contributed by atoms with E-state index >= 15 is 0 Å². The Hall–Kier alpha value is -2.83. The summed E-state index contributed by atoms with van der Waals surface area (Å²) < 4.78 is 16.3. The Morgan fingerprint density at radius 2 is 1.87 bits per heavy atom. The molecule has 162 valence electrons.